The zero-order chi connectivity index (χ0) is 25.1. The van der Waals surface area contributed by atoms with E-state index in [1.54, 1.807) is 61.5 Å². The molecule has 0 saturated carbocycles. The van der Waals surface area contributed by atoms with E-state index in [0.717, 1.165) is 5.56 Å². The summed E-state index contributed by atoms with van der Waals surface area (Å²) in [6, 6.07) is 19.5. The number of Topliss-reactive ketones (excluding diaryl/α,β-unsaturated/α-hetero) is 1. The summed E-state index contributed by atoms with van der Waals surface area (Å²) >= 11 is 0. The number of ether oxygens (including phenoxy) is 2. The minimum absolute atomic E-state index is 0.0421. The van der Waals surface area contributed by atoms with Crippen LogP contribution in [0.15, 0.2) is 78.4 Å². The van der Waals surface area contributed by atoms with Gasteiger partial charge in [0.2, 0.25) is 0 Å². The summed E-state index contributed by atoms with van der Waals surface area (Å²) in [7, 11) is 1.47. The van der Waals surface area contributed by atoms with Gasteiger partial charge < -0.3 is 14.6 Å². The maximum atomic E-state index is 13.3. The number of carbonyl (C=O) groups excluding carboxylic acids is 3. The Morgan fingerprint density at radius 2 is 1.71 bits per heavy atom. The van der Waals surface area contributed by atoms with Crippen molar-refractivity contribution in [2.75, 3.05) is 18.6 Å². The second kappa shape index (κ2) is 9.85. The van der Waals surface area contributed by atoms with Gasteiger partial charge in [-0.05, 0) is 55.8 Å². The third kappa shape index (κ3) is 4.40. The number of hydrogen-bond acceptors (Lipinski definition) is 6. The van der Waals surface area contributed by atoms with Gasteiger partial charge in [-0.3, -0.25) is 14.5 Å². The molecule has 0 aromatic heterocycles. The summed E-state index contributed by atoms with van der Waals surface area (Å²) in [5, 5.41) is 11.3. The Morgan fingerprint density at radius 1 is 1.00 bits per heavy atom. The van der Waals surface area contributed by atoms with Gasteiger partial charge in [0.05, 0.1) is 36.5 Å². The largest absolute Gasteiger partial charge is 0.507 e. The molecule has 7 nitrogen and oxygen atoms in total. The quantitative estimate of drug-likeness (QED) is 0.240. The van der Waals surface area contributed by atoms with E-state index in [4.69, 9.17) is 9.47 Å². The van der Waals surface area contributed by atoms with Crippen molar-refractivity contribution in [3.05, 3.63) is 101 Å². The number of esters is 1. The van der Waals surface area contributed by atoms with Crippen LogP contribution < -0.4 is 9.64 Å². The third-order valence-corrected chi connectivity index (χ3v) is 5.82. The fourth-order valence-electron chi connectivity index (χ4n) is 4.21. The van der Waals surface area contributed by atoms with E-state index in [0.29, 0.717) is 28.1 Å². The van der Waals surface area contributed by atoms with Crippen LogP contribution in [0, 0.1) is 6.92 Å². The van der Waals surface area contributed by atoms with Gasteiger partial charge in [-0.15, -0.1) is 0 Å². The van der Waals surface area contributed by atoms with Crippen molar-refractivity contribution < 1.29 is 29.0 Å². The summed E-state index contributed by atoms with van der Waals surface area (Å²) in [4.78, 5) is 40.0. The van der Waals surface area contributed by atoms with Crippen molar-refractivity contribution in [3.63, 3.8) is 0 Å². The molecule has 1 saturated heterocycles. The zero-order valence-electron chi connectivity index (χ0n) is 19.6. The van der Waals surface area contributed by atoms with Crippen molar-refractivity contribution in [1.82, 2.24) is 0 Å². The van der Waals surface area contributed by atoms with Crippen LogP contribution in [0.25, 0.3) is 5.76 Å². The van der Waals surface area contributed by atoms with Gasteiger partial charge >= 0.3 is 5.97 Å². The summed E-state index contributed by atoms with van der Waals surface area (Å²) in [6.45, 7) is 3.87. The Kier molecular flexibility index (Phi) is 6.68. The Balaban J connectivity index is 1.89. The van der Waals surface area contributed by atoms with Crippen LogP contribution in [0.3, 0.4) is 0 Å². The lowest BCUT2D eigenvalue weighted by atomic mass is 9.94. The minimum Gasteiger partial charge on any atom is -0.507 e. The third-order valence-electron chi connectivity index (χ3n) is 5.82. The van der Waals surface area contributed by atoms with Gasteiger partial charge in [0.25, 0.3) is 11.7 Å². The topological polar surface area (TPSA) is 93.1 Å². The van der Waals surface area contributed by atoms with Gasteiger partial charge in [-0.1, -0.05) is 42.0 Å². The number of anilines is 1. The van der Waals surface area contributed by atoms with E-state index in [2.05, 4.69) is 0 Å². The van der Waals surface area contributed by atoms with Crippen LogP contribution in [0.2, 0.25) is 0 Å². The number of rotatable bonds is 6. The van der Waals surface area contributed by atoms with Crippen LogP contribution in [0.1, 0.15) is 40.0 Å². The van der Waals surface area contributed by atoms with Crippen molar-refractivity contribution >= 4 is 29.1 Å². The Morgan fingerprint density at radius 3 is 2.37 bits per heavy atom. The van der Waals surface area contributed by atoms with E-state index in [1.165, 1.54) is 12.0 Å². The zero-order valence-corrected chi connectivity index (χ0v) is 19.6. The second-order valence-corrected chi connectivity index (χ2v) is 8.05. The molecule has 3 aromatic carbocycles. The number of aliphatic hydroxyl groups excluding tert-OH is 1. The number of benzene rings is 3. The highest BCUT2D eigenvalue weighted by molar-refractivity contribution is 6.51. The molecule has 4 rings (SSSR count). The molecular weight excluding hydrogens is 446 g/mol. The fourth-order valence-corrected chi connectivity index (χ4v) is 4.21. The molecule has 1 fully saturated rings. The second-order valence-electron chi connectivity index (χ2n) is 8.05. The Bertz CT molecular complexity index is 1330. The molecule has 7 heteroatoms. The number of amides is 1. The maximum absolute atomic E-state index is 13.3. The number of aliphatic hydroxyl groups is 1. The molecule has 1 amide bonds. The standard InChI is InChI=1S/C28H25NO6/c1-4-35-28(33)18-12-14-20(15-13-18)29-24(19-9-7-8-17(2)16-19)23(26(31)27(29)32)25(30)21-10-5-6-11-22(21)34-3/h5-16,24,30H,4H2,1-3H3/b25-23+. The van der Waals surface area contributed by atoms with E-state index in [-0.39, 0.29) is 17.9 Å². The molecular formula is C28H25NO6. The predicted octanol–water partition coefficient (Wildman–Crippen LogP) is 4.81. The normalized spacial score (nSPS) is 16.9. The molecule has 0 bridgehead atoms. The van der Waals surface area contributed by atoms with Gasteiger partial charge in [-0.25, -0.2) is 4.79 Å². The summed E-state index contributed by atoms with van der Waals surface area (Å²) in [5.41, 5.74) is 2.60. The molecule has 1 N–H and O–H groups in total. The average molecular weight is 472 g/mol. The molecule has 3 aromatic rings. The molecule has 0 radical (unpaired) electrons. The highest BCUT2D eigenvalue weighted by Crippen LogP contribution is 2.43. The van der Waals surface area contributed by atoms with E-state index >= 15 is 0 Å². The highest BCUT2D eigenvalue weighted by atomic mass is 16.5. The first kappa shape index (κ1) is 23.8. The number of hydrogen-bond donors (Lipinski definition) is 1. The first-order chi connectivity index (χ1) is 16.9. The molecule has 1 aliphatic rings. The number of para-hydroxylation sites is 1. The number of carbonyl (C=O) groups is 3. The lowest BCUT2D eigenvalue weighted by Gasteiger charge is -2.26. The molecule has 0 spiro atoms. The molecule has 178 valence electrons. The Hall–Kier alpha value is -4.39. The molecule has 0 aliphatic carbocycles. The van der Waals surface area contributed by atoms with Crippen LogP contribution in [0.4, 0.5) is 5.69 Å². The number of ketones is 1. The van der Waals surface area contributed by atoms with Gasteiger partial charge in [-0.2, -0.15) is 0 Å². The molecule has 1 aliphatic heterocycles. The van der Waals surface area contributed by atoms with Crippen LogP contribution >= 0.6 is 0 Å². The van der Waals surface area contributed by atoms with E-state index < -0.39 is 23.7 Å². The fraction of sp³-hybridized carbons (Fsp3) is 0.179. The van der Waals surface area contributed by atoms with E-state index in [1.807, 2.05) is 25.1 Å². The van der Waals surface area contributed by atoms with Crippen LogP contribution in [-0.2, 0) is 14.3 Å². The van der Waals surface area contributed by atoms with Crippen molar-refractivity contribution in [3.8, 4) is 5.75 Å². The smallest absolute Gasteiger partial charge is 0.338 e. The van der Waals surface area contributed by atoms with Crippen LogP contribution in [-0.4, -0.2) is 36.5 Å². The Labute approximate surface area is 203 Å². The average Bonchev–Trinajstić information content (AvgIpc) is 3.14. The monoisotopic (exact) mass is 471 g/mol. The summed E-state index contributed by atoms with van der Waals surface area (Å²) < 4.78 is 10.4. The predicted molar refractivity (Wildman–Crippen MR) is 131 cm³/mol. The maximum Gasteiger partial charge on any atom is 0.338 e. The van der Waals surface area contributed by atoms with Crippen molar-refractivity contribution in [2.24, 2.45) is 0 Å². The highest BCUT2D eigenvalue weighted by Gasteiger charge is 2.47. The van der Waals surface area contributed by atoms with E-state index in [9.17, 15) is 19.5 Å². The molecule has 1 unspecified atom stereocenters. The molecule has 35 heavy (non-hydrogen) atoms. The summed E-state index contributed by atoms with van der Waals surface area (Å²) in [5.74, 6) is -2.02. The molecule has 1 heterocycles. The lowest BCUT2D eigenvalue weighted by Crippen LogP contribution is -2.29. The lowest BCUT2D eigenvalue weighted by molar-refractivity contribution is -0.132. The van der Waals surface area contributed by atoms with Crippen molar-refractivity contribution in [2.45, 2.75) is 19.9 Å². The first-order valence-electron chi connectivity index (χ1n) is 11.2. The van der Waals surface area contributed by atoms with Gasteiger partial charge in [0.1, 0.15) is 11.5 Å². The van der Waals surface area contributed by atoms with Crippen LogP contribution in [0.5, 0.6) is 5.75 Å². The summed E-state index contributed by atoms with van der Waals surface area (Å²) in [6.07, 6.45) is 0. The van der Waals surface area contributed by atoms with Crippen molar-refractivity contribution in [1.29, 1.82) is 0 Å². The van der Waals surface area contributed by atoms with Gasteiger partial charge in [0.15, 0.2) is 0 Å². The number of nitrogens with zero attached hydrogens (tertiary/aromatic N) is 1. The first-order valence-corrected chi connectivity index (χ1v) is 11.2. The molecule has 1 atom stereocenters. The van der Waals surface area contributed by atoms with Gasteiger partial charge in [0, 0.05) is 5.69 Å². The number of methoxy groups -OCH3 is 1. The number of aryl methyl sites for hydroxylation is 1. The SMILES string of the molecule is CCOC(=O)c1ccc(N2C(=O)C(=O)/C(=C(/O)c3ccccc3OC)C2c2cccc(C)c2)cc1. The minimum atomic E-state index is -0.881.